The van der Waals surface area contributed by atoms with Crippen molar-refractivity contribution < 1.29 is 58.6 Å². The summed E-state index contributed by atoms with van der Waals surface area (Å²) in [7, 11) is 0. The first kappa shape index (κ1) is 33.6. The first-order valence-electron chi connectivity index (χ1n) is 14.1. The zero-order valence-electron chi connectivity index (χ0n) is 23.8. The molecule has 236 valence electrons. The van der Waals surface area contributed by atoms with Gasteiger partial charge < -0.3 is 40.0 Å². The molecule has 0 unspecified atom stereocenters. The number of imide groups is 1. The molecule has 43 heavy (non-hydrogen) atoms. The Balaban J connectivity index is 1.45. The van der Waals surface area contributed by atoms with E-state index in [4.69, 9.17) is 14.2 Å². The fourth-order valence-electron chi connectivity index (χ4n) is 4.59. The summed E-state index contributed by atoms with van der Waals surface area (Å²) in [6.07, 6.45) is -2.13. The van der Waals surface area contributed by atoms with E-state index in [1.165, 1.54) is 24.0 Å². The number of aryl methyl sites for hydroxylation is 1. The van der Waals surface area contributed by atoms with Crippen molar-refractivity contribution in [3.8, 4) is 5.75 Å². The van der Waals surface area contributed by atoms with Crippen LogP contribution in [-0.4, -0.2) is 98.8 Å². The summed E-state index contributed by atoms with van der Waals surface area (Å²) in [5, 5.41) is 42.5. The molecule has 5 N–H and O–H groups in total. The van der Waals surface area contributed by atoms with Gasteiger partial charge in [0.05, 0.1) is 0 Å². The van der Waals surface area contributed by atoms with Gasteiger partial charge in [0.25, 0.3) is 11.8 Å². The quantitative estimate of drug-likeness (QED) is 0.0953. The van der Waals surface area contributed by atoms with E-state index < -0.39 is 42.6 Å². The molecular weight excluding hydrogens is 568 g/mol. The predicted molar refractivity (Wildman–Crippen MR) is 147 cm³/mol. The van der Waals surface area contributed by atoms with Crippen molar-refractivity contribution in [2.75, 3.05) is 13.1 Å². The van der Waals surface area contributed by atoms with Crippen LogP contribution in [0.3, 0.4) is 0 Å². The van der Waals surface area contributed by atoms with Crippen molar-refractivity contribution in [2.24, 2.45) is 0 Å². The molecule has 2 aliphatic heterocycles. The van der Waals surface area contributed by atoms with Crippen molar-refractivity contribution in [2.45, 2.75) is 89.2 Å². The van der Waals surface area contributed by atoms with Crippen LogP contribution in [0.5, 0.6) is 5.75 Å². The van der Waals surface area contributed by atoms with E-state index in [-0.39, 0.29) is 30.1 Å². The van der Waals surface area contributed by atoms with Crippen LogP contribution >= 0.6 is 0 Å². The normalized spacial score (nSPS) is 23.3. The topological polar surface area (TPSA) is 209 Å². The third-order valence-electron chi connectivity index (χ3n) is 7.02. The number of nitrogens with one attached hydrogen (secondary N) is 1. The van der Waals surface area contributed by atoms with Crippen LogP contribution in [-0.2, 0) is 46.5 Å². The van der Waals surface area contributed by atoms with Gasteiger partial charge in [-0.3, -0.25) is 24.1 Å². The number of aliphatic hydroxyl groups excluding tert-OH is 3. The maximum Gasteiger partial charge on any atom is 0.335 e. The number of benzene rings is 1. The molecule has 1 saturated heterocycles. The highest BCUT2D eigenvalue weighted by Crippen LogP contribution is 2.29. The number of amides is 3. The van der Waals surface area contributed by atoms with Gasteiger partial charge in [-0.2, -0.15) is 0 Å². The van der Waals surface area contributed by atoms with E-state index in [2.05, 4.69) is 5.32 Å². The van der Waals surface area contributed by atoms with Gasteiger partial charge in [-0.25, -0.2) is 4.79 Å². The van der Waals surface area contributed by atoms with E-state index in [0.717, 1.165) is 5.56 Å². The number of aliphatic hydroxyl groups is 3. The maximum absolute atomic E-state index is 12.1. The van der Waals surface area contributed by atoms with Gasteiger partial charge in [-0.05, 0) is 43.7 Å². The molecule has 1 aromatic carbocycles. The number of carbonyl (C=O) groups excluding carboxylic acids is 4. The Labute approximate surface area is 248 Å². The molecule has 5 atom stereocenters. The fourth-order valence-corrected chi connectivity index (χ4v) is 4.59. The number of unbranched alkanes of at least 4 members (excludes halogenated alkanes) is 3. The number of hydrogen-bond donors (Lipinski definition) is 5. The minimum absolute atomic E-state index is 0.0847. The number of nitrogens with zero attached hydrogens (tertiary/aromatic N) is 1. The Morgan fingerprint density at radius 2 is 1.67 bits per heavy atom. The highest BCUT2D eigenvalue weighted by molar-refractivity contribution is 6.12. The van der Waals surface area contributed by atoms with Crippen LogP contribution in [0.4, 0.5) is 0 Å². The number of rotatable bonds is 16. The van der Waals surface area contributed by atoms with Crippen LogP contribution in [0.1, 0.15) is 56.6 Å². The van der Waals surface area contributed by atoms with Gasteiger partial charge >= 0.3 is 11.9 Å². The SMILES string of the molecule is CC(=O)OCc1ccc(CCCCNC(=O)CCCCCN2C(=O)C=CC2=O)cc1O[C@@H]1O[C@H](C(=O)O)[C@@H](O)[C@H](O)[C@H]1O. The van der Waals surface area contributed by atoms with Gasteiger partial charge in [0.1, 0.15) is 30.7 Å². The molecule has 1 aromatic rings. The van der Waals surface area contributed by atoms with Gasteiger partial charge in [0.2, 0.25) is 12.2 Å². The Kier molecular flexibility index (Phi) is 12.6. The lowest BCUT2D eigenvalue weighted by Gasteiger charge is -2.38. The van der Waals surface area contributed by atoms with Crippen LogP contribution in [0.25, 0.3) is 0 Å². The number of carboxylic acid groups (broad SMARTS) is 1. The Bertz CT molecular complexity index is 1180. The number of aliphatic carboxylic acids is 1. The smallest absolute Gasteiger partial charge is 0.335 e. The molecule has 0 aromatic heterocycles. The molecule has 14 nitrogen and oxygen atoms in total. The van der Waals surface area contributed by atoms with E-state index in [1.54, 1.807) is 18.2 Å². The molecule has 0 aliphatic carbocycles. The highest BCUT2D eigenvalue weighted by Gasteiger charge is 2.48. The molecule has 1 fully saturated rings. The van der Waals surface area contributed by atoms with Crippen molar-refractivity contribution in [3.63, 3.8) is 0 Å². The molecule has 3 rings (SSSR count). The Hall–Kier alpha value is -3.85. The van der Waals surface area contributed by atoms with Crippen molar-refractivity contribution in [1.82, 2.24) is 10.2 Å². The lowest BCUT2D eigenvalue weighted by atomic mass is 9.99. The molecule has 14 heteroatoms. The third-order valence-corrected chi connectivity index (χ3v) is 7.02. The van der Waals surface area contributed by atoms with E-state index in [9.17, 15) is 44.4 Å². The summed E-state index contributed by atoms with van der Waals surface area (Å²) in [4.78, 5) is 59.1. The molecule has 0 bridgehead atoms. The largest absolute Gasteiger partial charge is 0.479 e. The van der Waals surface area contributed by atoms with Gasteiger partial charge in [0, 0.05) is 44.1 Å². The second kappa shape index (κ2) is 16.1. The van der Waals surface area contributed by atoms with E-state index in [1.807, 2.05) is 0 Å². The van der Waals surface area contributed by atoms with Crippen LogP contribution < -0.4 is 10.1 Å². The van der Waals surface area contributed by atoms with Crippen LogP contribution in [0.15, 0.2) is 30.4 Å². The number of esters is 1. The minimum Gasteiger partial charge on any atom is -0.479 e. The van der Waals surface area contributed by atoms with E-state index in [0.29, 0.717) is 63.6 Å². The first-order valence-corrected chi connectivity index (χ1v) is 14.1. The molecule has 2 heterocycles. The van der Waals surface area contributed by atoms with Crippen molar-refractivity contribution in [3.05, 3.63) is 41.5 Å². The van der Waals surface area contributed by atoms with Crippen molar-refractivity contribution in [1.29, 1.82) is 0 Å². The Morgan fingerprint density at radius 3 is 2.35 bits per heavy atom. The highest BCUT2D eigenvalue weighted by atomic mass is 16.7. The van der Waals surface area contributed by atoms with Gasteiger partial charge in [0.15, 0.2) is 6.10 Å². The standard InChI is InChI=1S/C29H38N2O12/c1-17(32)41-16-19-10-9-18(15-20(19)42-29-26(38)24(36)25(37)27(43-29)28(39)40)7-4-5-13-30-21(33)8-3-2-6-14-31-22(34)11-12-23(31)35/h9-12,15,24-27,29,36-38H,2-8,13-14,16H2,1H3,(H,30,33)(H,39,40)/t24-,25-,26+,27-,29+/m0/s1. The predicted octanol–water partition coefficient (Wildman–Crippen LogP) is -0.0550. The third kappa shape index (κ3) is 9.85. The average molecular weight is 607 g/mol. The van der Waals surface area contributed by atoms with Crippen LogP contribution in [0.2, 0.25) is 0 Å². The molecule has 0 saturated carbocycles. The van der Waals surface area contributed by atoms with Crippen molar-refractivity contribution >= 4 is 29.7 Å². The summed E-state index contributed by atoms with van der Waals surface area (Å²) in [5.41, 5.74) is 1.21. The van der Waals surface area contributed by atoms with Gasteiger partial charge in [-0.1, -0.05) is 18.6 Å². The lowest BCUT2D eigenvalue weighted by molar-refractivity contribution is -0.271. The summed E-state index contributed by atoms with van der Waals surface area (Å²) >= 11 is 0. The first-order chi connectivity index (χ1) is 20.5. The summed E-state index contributed by atoms with van der Waals surface area (Å²) in [5.74, 6) is -2.65. The summed E-state index contributed by atoms with van der Waals surface area (Å²) in [6.45, 7) is 1.87. The molecule has 0 spiro atoms. The average Bonchev–Trinajstić information content (AvgIpc) is 3.28. The molecule has 3 amide bonds. The number of carboxylic acids is 1. The van der Waals surface area contributed by atoms with Crippen LogP contribution in [0, 0.1) is 0 Å². The monoisotopic (exact) mass is 606 g/mol. The number of ether oxygens (including phenoxy) is 3. The number of hydrogen-bond acceptors (Lipinski definition) is 11. The van der Waals surface area contributed by atoms with Gasteiger partial charge in [-0.15, -0.1) is 0 Å². The molecular formula is C29H38N2O12. The number of carbonyl (C=O) groups is 5. The molecule has 0 radical (unpaired) electrons. The second-order valence-corrected chi connectivity index (χ2v) is 10.4. The maximum atomic E-state index is 12.1. The zero-order valence-corrected chi connectivity index (χ0v) is 23.8. The second-order valence-electron chi connectivity index (χ2n) is 10.4. The van der Waals surface area contributed by atoms with E-state index >= 15 is 0 Å². The summed E-state index contributed by atoms with van der Waals surface area (Å²) < 4.78 is 16.0. The Morgan fingerprint density at radius 1 is 0.953 bits per heavy atom. The molecule has 2 aliphatic rings. The lowest BCUT2D eigenvalue weighted by Crippen LogP contribution is -2.61. The zero-order chi connectivity index (χ0) is 31.5. The summed E-state index contributed by atoms with van der Waals surface area (Å²) in [6, 6.07) is 5.07. The fraction of sp³-hybridized carbons (Fsp3) is 0.552. The minimum atomic E-state index is -1.86.